The lowest BCUT2D eigenvalue weighted by Crippen LogP contribution is -2.17. The van der Waals surface area contributed by atoms with Gasteiger partial charge in [-0.05, 0) is 22.6 Å². The highest BCUT2D eigenvalue weighted by molar-refractivity contribution is 5.71. The molecular formula is C22H23NO. The Bertz CT molecular complexity index is 731. The molecule has 3 aromatic rings. The predicted molar refractivity (Wildman–Crippen MR) is 100 cm³/mol. The van der Waals surface area contributed by atoms with Gasteiger partial charge in [0, 0.05) is 11.6 Å². The van der Waals surface area contributed by atoms with E-state index in [1.54, 1.807) is 0 Å². The fourth-order valence-corrected chi connectivity index (χ4v) is 2.42. The number of hydrogen-bond donors (Lipinski definition) is 0. The van der Waals surface area contributed by atoms with Crippen LogP contribution in [0.4, 0.5) is 0 Å². The number of benzene rings is 2. The smallest absolute Gasteiger partial charge is 0.214 e. The summed E-state index contributed by atoms with van der Waals surface area (Å²) in [6.07, 6.45) is 0. The first-order chi connectivity index (χ1) is 11.5. The average molecular weight is 317 g/mol. The van der Waals surface area contributed by atoms with Crippen molar-refractivity contribution in [3.63, 3.8) is 0 Å². The van der Waals surface area contributed by atoms with Crippen LogP contribution in [0.2, 0.25) is 0 Å². The van der Waals surface area contributed by atoms with Gasteiger partial charge < -0.3 is 4.74 Å². The molecule has 1 heterocycles. The molecule has 24 heavy (non-hydrogen) atoms. The Balaban J connectivity index is 2.02. The molecule has 2 nitrogen and oxygen atoms in total. The molecule has 0 radical (unpaired) electrons. The second-order valence-electron chi connectivity index (χ2n) is 7.16. The van der Waals surface area contributed by atoms with Crippen LogP contribution in [0.25, 0.3) is 22.4 Å². The Labute approximate surface area is 144 Å². The van der Waals surface area contributed by atoms with Gasteiger partial charge in [-0.2, -0.15) is 0 Å². The molecule has 1 aromatic heterocycles. The summed E-state index contributed by atoms with van der Waals surface area (Å²) in [5.74, 6) is 0.671. The van der Waals surface area contributed by atoms with Crippen molar-refractivity contribution >= 4 is 0 Å². The molecule has 0 fully saturated rings. The highest BCUT2D eigenvalue weighted by Gasteiger charge is 2.13. The summed E-state index contributed by atoms with van der Waals surface area (Å²) in [6.45, 7) is 7.11. The second kappa shape index (κ2) is 6.88. The zero-order valence-electron chi connectivity index (χ0n) is 14.5. The van der Waals surface area contributed by atoms with Crippen molar-refractivity contribution in [1.82, 2.24) is 4.98 Å². The first-order valence-corrected chi connectivity index (χ1v) is 8.27. The first-order valence-electron chi connectivity index (χ1n) is 8.27. The lowest BCUT2D eigenvalue weighted by atomic mass is 9.99. The van der Waals surface area contributed by atoms with Crippen LogP contribution in [0.1, 0.15) is 20.8 Å². The van der Waals surface area contributed by atoms with Crippen LogP contribution in [0.5, 0.6) is 5.88 Å². The van der Waals surface area contributed by atoms with E-state index in [0.717, 1.165) is 22.4 Å². The molecule has 0 spiro atoms. The maximum absolute atomic E-state index is 5.98. The van der Waals surface area contributed by atoms with Crippen LogP contribution >= 0.6 is 0 Å². The van der Waals surface area contributed by atoms with Crippen LogP contribution < -0.4 is 4.74 Å². The summed E-state index contributed by atoms with van der Waals surface area (Å²) in [5, 5.41) is 0. The first kappa shape index (κ1) is 16.3. The van der Waals surface area contributed by atoms with Crippen molar-refractivity contribution in [3.8, 4) is 28.3 Å². The summed E-state index contributed by atoms with van der Waals surface area (Å²) in [7, 11) is 0. The van der Waals surface area contributed by atoms with Gasteiger partial charge in [0.05, 0.1) is 12.3 Å². The van der Waals surface area contributed by atoms with Gasteiger partial charge in [-0.25, -0.2) is 4.98 Å². The molecule has 2 heteroatoms. The zero-order chi connectivity index (χ0) is 17.0. The number of nitrogens with zero attached hydrogens (tertiary/aromatic N) is 1. The normalized spacial score (nSPS) is 11.3. The Morgan fingerprint density at radius 1 is 0.750 bits per heavy atom. The molecule has 0 unspecified atom stereocenters. The topological polar surface area (TPSA) is 22.1 Å². The van der Waals surface area contributed by atoms with Gasteiger partial charge in [0.25, 0.3) is 0 Å². The van der Waals surface area contributed by atoms with Crippen molar-refractivity contribution in [2.24, 2.45) is 5.41 Å². The van der Waals surface area contributed by atoms with E-state index < -0.39 is 0 Å². The molecule has 0 saturated carbocycles. The summed E-state index contributed by atoms with van der Waals surface area (Å²) in [6, 6.07) is 24.7. The summed E-state index contributed by atoms with van der Waals surface area (Å²) < 4.78 is 5.98. The van der Waals surface area contributed by atoms with Crippen molar-refractivity contribution in [2.75, 3.05) is 6.61 Å². The molecule has 0 amide bonds. The van der Waals surface area contributed by atoms with E-state index in [4.69, 9.17) is 9.72 Å². The molecular weight excluding hydrogens is 294 g/mol. The largest absolute Gasteiger partial charge is 0.477 e. The third-order valence-corrected chi connectivity index (χ3v) is 3.63. The molecule has 2 aromatic carbocycles. The van der Waals surface area contributed by atoms with Gasteiger partial charge in [0.1, 0.15) is 0 Å². The van der Waals surface area contributed by atoms with Gasteiger partial charge in [-0.1, -0.05) is 81.4 Å². The van der Waals surface area contributed by atoms with Crippen LogP contribution in [0, 0.1) is 5.41 Å². The Kier molecular flexibility index (Phi) is 4.66. The number of pyridine rings is 1. The van der Waals surface area contributed by atoms with E-state index in [1.807, 2.05) is 42.5 Å². The lowest BCUT2D eigenvalue weighted by Gasteiger charge is -2.19. The van der Waals surface area contributed by atoms with Crippen LogP contribution in [-0.4, -0.2) is 11.6 Å². The van der Waals surface area contributed by atoms with Crippen LogP contribution in [-0.2, 0) is 0 Å². The van der Waals surface area contributed by atoms with Crippen LogP contribution in [0.3, 0.4) is 0 Å². The van der Waals surface area contributed by atoms with Crippen molar-refractivity contribution in [3.05, 3.63) is 72.8 Å². The minimum absolute atomic E-state index is 0.0946. The van der Waals surface area contributed by atoms with Crippen molar-refractivity contribution in [2.45, 2.75) is 20.8 Å². The zero-order valence-corrected chi connectivity index (χ0v) is 14.5. The fourth-order valence-electron chi connectivity index (χ4n) is 2.42. The van der Waals surface area contributed by atoms with Crippen molar-refractivity contribution in [1.29, 1.82) is 0 Å². The average Bonchev–Trinajstić information content (AvgIpc) is 2.61. The summed E-state index contributed by atoms with van der Waals surface area (Å²) in [4.78, 5) is 4.71. The minimum atomic E-state index is 0.0946. The highest BCUT2D eigenvalue weighted by Crippen LogP contribution is 2.29. The number of aromatic nitrogens is 1. The Morgan fingerprint density at radius 2 is 1.33 bits per heavy atom. The van der Waals surface area contributed by atoms with Gasteiger partial charge in [0.2, 0.25) is 5.88 Å². The maximum atomic E-state index is 5.98. The molecule has 122 valence electrons. The molecule has 0 N–H and O–H groups in total. The summed E-state index contributed by atoms with van der Waals surface area (Å²) in [5.41, 5.74) is 4.40. The molecule has 3 rings (SSSR count). The van der Waals surface area contributed by atoms with E-state index in [0.29, 0.717) is 12.5 Å². The predicted octanol–water partition coefficient (Wildman–Crippen LogP) is 5.84. The van der Waals surface area contributed by atoms with E-state index >= 15 is 0 Å². The third-order valence-electron chi connectivity index (χ3n) is 3.63. The Morgan fingerprint density at radius 3 is 1.92 bits per heavy atom. The van der Waals surface area contributed by atoms with Crippen molar-refractivity contribution < 1.29 is 4.74 Å². The molecule has 0 aliphatic carbocycles. The van der Waals surface area contributed by atoms with E-state index in [9.17, 15) is 0 Å². The maximum Gasteiger partial charge on any atom is 0.214 e. The second-order valence-corrected chi connectivity index (χ2v) is 7.16. The SMILES string of the molecule is CC(C)(C)COc1cc(-c2ccccc2)cc(-c2ccccc2)n1. The van der Waals surface area contributed by atoms with Gasteiger partial charge >= 0.3 is 0 Å². The quantitative estimate of drug-likeness (QED) is 0.603. The lowest BCUT2D eigenvalue weighted by molar-refractivity contribution is 0.192. The van der Waals surface area contributed by atoms with Gasteiger partial charge in [0.15, 0.2) is 0 Å². The monoisotopic (exact) mass is 317 g/mol. The standard InChI is InChI=1S/C22H23NO/c1-22(2,3)16-24-21-15-19(17-10-6-4-7-11-17)14-20(23-21)18-12-8-5-9-13-18/h4-15H,16H2,1-3H3. The van der Waals surface area contributed by atoms with Gasteiger partial charge in [-0.15, -0.1) is 0 Å². The third kappa shape index (κ3) is 4.23. The molecule has 0 saturated heterocycles. The Hall–Kier alpha value is -2.61. The summed E-state index contributed by atoms with van der Waals surface area (Å²) >= 11 is 0. The highest BCUT2D eigenvalue weighted by atomic mass is 16.5. The molecule has 0 bridgehead atoms. The molecule has 0 aliphatic rings. The van der Waals surface area contributed by atoms with E-state index in [1.165, 1.54) is 0 Å². The molecule has 0 atom stereocenters. The minimum Gasteiger partial charge on any atom is -0.477 e. The molecule has 0 aliphatic heterocycles. The number of hydrogen-bond acceptors (Lipinski definition) is 2. The number of ether oxygens (including phenoxy) is 1. The van der Waals surface area contributed by atoms with Crippen LogP contribution in [0.15, 0.2) is 72.8 Å². The number of rotatable bonds is 4. The van der Waals surface area contributed by atoms with E-state index in [-0.39, 0.29) is 5.41 Å². The van der Waals surface area contributed by atoms with E-state index in [2.05, 4.69) is 51.1 Å². The fraction of sp³-hybridized carbons (Fsp3) is 0.227. The van der Waals surface area contributed by atoms with Gasteiger partial charge in [-0.3, -0.25) is 0 Å².